The maximum Gasteiger partial charge on any atom is 0.122 e. The second kappa shape index (κ2) is 9.09. The zero-order valence-corrected chi connectivity index (χ0v) is 13.4. The number of hydrogen-bond acceptors (Lipinski definition) is 3. The van der Waals surface area contributed by atoms with E-state index in [1.165, 1.54) is 5.57 Å². The summed E-state index contributed by atoms with van der Waals surface area (Å²) in [5, 5.41) is 0. The van der Waals surface area contributed by atoms with E-state index in [9.17, 15) is 4.79 Å². The monoisotopic (exact) mass is 374 g/mol. The van der Waals surface area contributed by atoms with E-state index >= 15 is 0 Å². The van der Waals surface area contributed by atoms with Gasteiger partial charge in [0, 0.05) is 6.42 Å². The third-order valence-corrected chi connectivity index (χ3v) is 3.80. The zero-order valence-electron chi connectivity index (χ0n) is 11.3. The fraction of sp³-hybridized carbons (Fsp3) is 0.400. The van der Waals surface area contributed by atoms with Crippen molar-refractivity contribution in [3.8, 4) is 5.75 Å². The SMILES string of the molecule is COc1ccc(CO[C@H](CC=O)C/C(C)=C/I)cc1. The van der Waals surface area contributed by atoms with Gasteiger partial charge in [-0.05, 0) is 35.1 Å². The van der Waals surface area contributed by atoms with Crippen LogP contribution < -0.4 is 4.74 Å². The van der Waals surface area contributed by atoms with E-state index < -0.39 is 0 Å². The van der Waals surface area contributed by atoms with Crippen LogP contribution in [-0.2, 0) is 16.1 Å². The van der Waals surface area contributed by atoms with E-state index in [0.29, 0.717) is 13.0 Å². The Morgan fingerprint density at radius 2 is 2.05 bits per heavy atom. The molecule has 0 spiro atoms. The van der Waals surface area contributed by atoms with Crippen molar-refractivity contribution >= 4 is 28.9 Å². The Morgan fingerprint density at radius 3 is 2.58 bits per heavy atom. The van der Waals surface area contributed by atoms with Crippen molar-refractivity contribution in [3.05, 3.63) is 39.5 Å². The molecule has 0 unspecified atom stereocenters. The van der Waals surface area contributed by atoms with Gasteiger partial charge in [-0.25, -0.2) is 0 Å². The average Bonchev–Trinajstić information content (AvgIpc) is 2.45. The highest BCUT2D eigenvalue weighted by molar-refractivity contribution is 14.1. The molecule has 0 amide bonds. The molecule has 0 bridgehead atoms. The van der Waals surface area contributed by atoms with Crippen LogP contribution in [-0.4, -0.2) is 19.5 Å². The van der Waals surface area contributed by atoms with Gasteiger partial charge < -0.3 is 14.3 Å². The predicted molar refractivity (Wildman–Crippen MR) is 84.6 cm³/mol. The summed E-state index contributed by atoms with van der Waals surface area (Å²) >= 11 is 2.20. The van der Waals surface area contributed by atoms with Gasteiger partial charge in [-0.2, -0.15) is 0 Å². The third-order valence-electron chi connectivity index (χ3n) is 2.74. The third kappa shape index (κ3) is 6.20. The molecule has 0 saturated carbocycles. The lowest BCUT2D eigenvalue weighted by molar-refractivity contribution is -0.110. The van der Waals surface area contributed by atoms with Gasteiger partial charge in [0.15, 0.2) is 0 Å². The highest BCUT2D eigenvalue weighted by Crippen LogP contribution is 2.16. The van der Waals surface area contributed by atoms with E-state index in [0.717, 1.165) is 24.0 Å². The first kappa shape index (κ1) is 16.2. The molecular formula is C15H19IO3. The van der Waals surface area contributed by atoms with E-state index in [1.807, 2.05) is 35.3 Å². The average molecular weight is 374 g/mol. The minimum atomic E-state index is -0.0504. The summed E-state index contributed by atoms with van der Waals surface area (Å²) in [6.45, 7) is 2.55. The quantitative estimate of drug-likeness (QED) is 0.512. The normalized spacial score (nSPS) is 13.1. The minimum absolute atomic E-state index is 0.0504. The minimum Gasteiger partial charge on any atom is -0.497 e. The molecule has 0 aliphatic heterocycles. The van der Waals surface area contributed by atoms with Crippen LogP contribution in [0.1, 0.15) is 25.3 Å². The number of rotatable bonds is 8. The Morgan fingerprint density at radius 1 is 1.37 bits per heavy atom. The fourth-order valence-electron chi connectivity index (χ4n) is 1.66. The fourth-order valence-corrected chi connectivity index (χ4v) is 1.91. The summed E-state index contributed by atoms with van der Waals surface area (Å²) in [6.07, 6.45) is 2.08. The summed E-state index contributed by atoms with van der Waals surface area (Å²) < 4.78 is 12.9. The van der Waals surface area contributed by atoms with Crippen LogP contribution in [0.3, 0.4) is 0 Å². The van der Waals surface area contributed by atoms with Crippen LogP contribution >= 0.6 is 22.6 Å². The van der Waals surface area contributed by atoms with E-state index in [1.54, 1.807) is 7.11 Å². The number of halogens is 1. The molecule has 0 saturated heterocycles. The van der Waals surface area contributed by atoms with Crippen molar-refractivity contribution in [2.75, 3.05) is 7.11 Å². The molecule has 104 valence electrons. The highest BCUT2D eigenvalue weighted by Gasteiger charge is 2.09. The van der Waals surface area contributed by atoms with Gasteiger partial charge in [-0.3, -0.25) is 0 Å². The van der Waals surface area contributed by atoms with Crippen LogP contribution in [0.2, 0.25) is 0 Å². The van der Waals surface area contributed by atoms with Crippen molar-refractivity contribution in [1.29, 1.82) is 0 Å². The lowest BCUT2D eigenvalue weighted by Crippen LogP contribution is -2.14. The number of aldehydes is 1. The molecule has 0 N–H and O–H groups in total. The van der Waals surface area contributed by atoms with Gasteiger partial charge in [0.05, 0.1) is 19.8 Å². The second-order valence-electron chi connectivity index (χ2n) is 4.34. The molecule has 1 rings (SSSR count). The van der Waals surface area contributed by atoms with Crippen molar-refractivity contribution in [1.82, 2.24) is 0 Å². The lowest BCUT2D eigenvalue weighted by atomic mass is 10.1. The molecule has 1 aromatic carbocycles. The molecule has 1 atom stereocenters. The molecule has 0 aromatic heterocycles. The Bertz CT molecular complexity index is 412. The summed E-state index contributed by atoms with van der Waals surface area (Å²) in [6, 6.07) is 7.75. The Hall–Kier alpha value is -0.880. The van der Waals surface area contributed by atoms with Crippen LogP contribution in [0, 0.1) is 0 Å². The van der Waals surface area contributed by atoms with Gasteiger partial charge in [0.25, 0.3) is 0 Å². The molecule has 4 heteroatoms. The van der Waals surface area contributed by atoms with Crippen LogP contribution in [0.4, 0.5) is 0 Å². The molecule has 3 nitrogen and oxygen atoms in total. The van der Waals surface area contributed by atoms with Gasteiger partial charge in [-0.1, -0.05) is 40.3 Å². The van der Waals surface area contributed by atoms with Crippen molar-refractivity contribution in [3.63, 3.8) is 0 Å². The van der Waals surface area contributed by atoms with E-state index in [4.69, 9.17) is 9.47 Å². The van der Waals surface area contributed by atoms with Gasteiger partial charge in [-0.15, -0.1) is 0 Å². The summed E-state index contributed by atoms with van der Waals surface area (Å²) in [5.41, 5.74) is 2.30. The molecule has 1 aromatic rings. The molecular weight excluding hydrogens is 355 g/mol. The number of carbonyl (C=O) groups is 1. The maximum absolute atomic E-state index is 10.7. The second-order valence-corrected chi connectivity index (χ2v) is 4.97. The summed E-state index contributed by atoms with van der Waals surface area (Å²) in [4.78, 5) is 10.7. The molecule has 0 aliphatic carbocycles. The molecule has 0 radical (unpaired) electrons. The smallest absolute Gasteiger partial charge is 0.122 e. The largest absolute Gasteiger partial charge is 0.497 e. The molecule has 0 fully saturated rings. The van der Waals surface area contributed by atoms with Crippen molar-refractivity contribution < 1.29 is 14.3 Å². The molecule has 0 aliphatic rings. The lowest BCUT2D eigenvalue weighted by Gasteiger charge is -2.16. The topological polar surface area (TPSA) is 35.5 Å². The number of ether oxygens (including phenoxy) is 2. The number of hydrogen-bond donors (Lipinski definition) is 0. The predicted octanol–water partition coefficient (Wildman–Crippen LogP) is 3.90. The Balaban J connectivity index is 2.52. The first-order valence-electron chi connectivity index (χ1n) is 6.13. The van der Waals surface area contributed by atoms with E-state index in [-0.39, 0.29) is 6.10 Å². The van der Waals surface area contributed by atoms with Gasteiger partial charge >= 0.3 is 0 Å². The van der Waals surface area contributed by atoms with Crippen molar-refractivity contribution in [2.45, 2.75) is 32.5 Å². The first-order chi connectivity index (χ1) is 9.19. The van der Waals surface area contributed by atoms with Crippen LogP contribution in [0.25, 0.3) is 0 Å². The standard InChI is InChI=1S/C15H19IO3/c1-12(10-16)9-15(7-8-17)19-11-13-3-5-14(18-2)6-4-13/h3-6,8,10,15H,7,9,11H2,1-2H3/b12-10+/t15-/m1/s1. The maximum atomic E-state index is 10.7. The van der Waals surface area contributed by atoms with Crippen molar-refractivity contribution in [2.24, 2.45) is 0 Å². The molecule has 19 heavy (non-hydrogen) atoms. The van der Waals surface area contributed by atoms with E-state index in [2.05, 4.69) is 22.6 Å². The Labute approximate surface area is 128 Å². The molecule has 0 heterocycles. The van der Waals surface area contributed by atoms with Crippen LogP contribution in [0.5, 0.6) is 5.75 Å². The van der Waals surface area contributed by atoms with Crippen LogP contribution in [0.15, 0.2) is 33.9 Å². The number of methoxy groups -OCH3 is 1. The summed E-state index contributed by atoms with van der Waals surface area (Å²) in [7, 11) is 1.64. The highest BCUT2D eigenvalue weighted by atomic mass is 127. The zero-order chi connectivity index (χ0) is 14.1. The van der Waals surface area contributed by atoms with Gasteiger partial charge in [0.1, 0.15) is 12.0 Å². The first-order valence-corrected chi connectivity index (χ1v) is 7.38. The van der Waals surface area contributed by atoms with Gasteiger partial charge in [0.2, 0.25) is 0 Å². The number of carbonyl (C=O) groups excluding carboxylic acids is 1. The summed E-state index contributed by atoms with van der Waals surface area (Å²) in [5.74, 6) is 0.830. The Kier molecular flexibility index (Phi) is 7.74. The number of benzene rings is 1.